The highest BCUT2D eigenvalue weighted by molar-refractivity contribution is 7.89. The van der Waals surface area contributed by atoms with E-state index in [9.17, 15) is 13.2 Å². The van der Waals surface area contributed by atoms with Crippen LogP contribution in [0, 0.1) is 0 Å². The number of benzene rings is 1. The van der Waals surface area contributed by atoms with Crippen LogP contribution in [-0.4, -0.2) is 33.5 Å². The molecule has 0 fully saturated rings. The number of carbonyl (C=O) groups excluding carboxylic acids is 1. The molecule has 22 heavy (non-hydrogen) atoms. The molecule has 0 aliphatic carbocycles. The van der Waals surface area contributed by atoms with Gasteiger partial charge in [0, 0.05) is 12.6 Å². The number of sulfonamides is 1. The van der Waals surface area contributed by atoms with Gasteiger partial charge in [0.2, 0.25) is 15.9 Å². The number of fused-ring (bicyclic) bond motifs is 1. The summed E-state index contributed by atoms with van der Waals surface area (Å²) in [5.41, 5.74) is 7.23. The number of carbonyl (C=O) groups is 1. The number of nitrogens with two attached hydrogens (primary N) is 1. The maximum Gasteiger partial charge on any atom is 0.241 e. The Bertz CT molecular complexity index is 636. The van der Waals surface area contributed by atoms with Crippen LogP contribution in [0.25, 0.3) is 0 Å². The molecule has 1 aliphatic heterocycles. The predicted molar refractivity (Wildman–Crippen MR) is 84.0 cm³/mol. The first-order valence-corrected chi connectivity index (χ1v) is 8.09. The van der Waals surface area contributed by atoms with E-state index in [1.807, 2.05) is 0 Å². The first-order valence-electron chi connectivity index (χ1n) is 6.61. The van der Waals surface area contributed by atoms with Gasteiger partial charge in [0.25, 0.3) is 0 Å². The topological polar surface area (TPSA) is 111 Å². The maximum atomic E-state index is 12.1. The zero-order chi connectivity index (χ0) is 15.5. The molecule has 124 valence electrons. The summed E-state index contributed by atoms with van der Waals surface area (Å²) >= 11 is 0. The second kappa shape index (κ2) is 7.89. The van der Waals surface area contributed by atoms with Crippen molar-refractivity contribution in [3.63, 3.8) is 0 Å². The molecule has 1 heterocycles. The summed E-state index contributed by atoms with van der Waals surface area (Å²) in [6, 6.07) is 4.62. The van der Waals surface area contributed by atoms with Gasteiger partial charge < -0.3 is 15.8 Å². The zero-order valence-corrected chi connectivity index (χ0v) is 13.8. The molecular weight excluding hydrogens is 330 g/mol. The van der Waals surface area contributed by atoms with Gasteiger partial charge in [-0.3, -0.25) is 4.79 Å². The minimum Gasteiger partial charge on any atom is -0.372 e. The molecule has 0 bridgehead atoms. The minimum absolute atomic E-state index is 0. The highest BCUT2D eigenvalue weighted by Gasteiger charge is 2.19. The van der Waals surface area contributed by atoms with E-state index in [1.165, 1.54) is 6.07 Å². The molecule has 4 N–H and O–H groups in total. The molecule has 1 aromatic carbocycles. The molecule has 9 heteroatoms. The Balaban J connectivity index is 0.00000242. The molecule has 0 radical (unpaired) electrons. The van der Waals surface area contributed by atoms with Crippen LogP contribution in [0.3, 0.4) is 0 Å². The fourth-order valence-electron chi connectivity index (χ4n) is 1.94. The Morgan fingerprint density at radius 2 is 2.05 bits per heavy atom. The number of amides is 1. The van der Waals surface area contributed by atoms with Gasteiger partial charge in [0.05, 0.1) is 24.7 Å². The van der Waals surface area contributed by atoms with Gasteiger partial charge in [-0.2, -0.15) is 0 Å². The molecule has 0 saturated carbocycles. The van der Waals surface area contributed by atoms with Crippen LogP contribution in [0.15, 0.2) is 23.1 Å². The van der Waals surface area contributed by atoms with Crippen LogP contribution in [-0.2, 0) is 32.8 Å². The Kier molecular flexibility index (Phi) is 6.76. The number of rotatable bonds is 6. The summed E-state index contributed by atoms with van der Waals surface area (Å²) in [6.45, 7) is 2.63. The van der Waals surface area contributed by atoms with Gasteiger partial charge in [-0.15, -0.1) is 12.4 Å². The van der Waals surface area contributed by atoms with E-state index in [0.29, 0.717) is 19.8 Å². The largest absolute Gasteiger partial charge is 0.372 e. The standard InChI is InChI=1S/C13H19N3O4S.ClH/c1-9(5-14)16-13(17)6-15-21(18,19)12-3-2-10-7-20-8-11(10)4-12;/h2-4,9,15H,5-8,14H2,1H3,(H,16,17);1H/t9-;/m0./s1. The van der Waals surface area contributed by atoms with Gasteiger partial charge in [0.1, 0.15) is 0 Å². The molecule has 1 amide bonds. The Labute approximate surface area is 136 Å². The van der Waals surface area contributed by atoms with Crippen molar-refractivity contribution >= 4 is 28.3 Å². The average Bonchev–Trinajstić information content (AvgIpc) is 2.92. The smallest absolute Gasteiger partial charge is 0.241 e. The maximum absolute atomic E-state index is 12.1. The van der Waals surface area contributed by atoms with Crippen molar-refractivity contribution < 1.29 is 17.9 Å². The van der Waals surface area contributed by atoms with Crippen LogP contribution in [0.4, 0.5) is 0 Å². The Morgan fingerprint density at radius 1 is 1.36 bits per heavy atom. The van der Waals surface area contributed by atoms with Crippen LogP contribution in [0.1, 0.15) is 18.1 Å². The highest BCUT2D eigenvalue weighted by atomic mass is 35.5. The molecule has 0 unspecified atom stereocenters. The first-order chi connectivity index (χ1) is 9.92. The van der Waals surface area contributed by atoms with E-state index in [0.717, 1.165) is 11.1 Å². The van der Waals surface area contributed by atoms with Gasteiger partial charge in [-0.25, -0.2) is 13.1 Å². The molecule has 0 aromatic heterocycles. The van der Waals surface area contributed by atoms with Gasteiger partial charge in [-0.1, -0.05) is 6.07 Å². The van der Waals surface area contributed by atoms with E-state index < -0.39 is 15.9 Å². The van der Waals surface area contributed by atoms with Crippen molar-refractivity contribution in [1.82, 2.24) is 10.0 Å². The number of hydrogen-bond acceptors (Lipinski definition) is 5. The first kappa shape index (κ1) is 18.9. The highest BCUT2D eigenvalue weighted by Crippen LogP contribution is 2.22. The molecule has 0 spiro atoms. The van der Waals surface area contributed by atoms with Crippen molar-refractivity contribution in [2.75, 3.05) is 13.1 Å². The van der Waals surface area contributed by atoms with Crippen molar-refractivity contribution in [3.05, 3.63) is 29.3 Å². The Morgan fingerprint density at radius 3 is 2.73 bits per heavy atom. The number of ether oxygens (including phenoxy) is 1. The van der Waals surface area contributed by atoms with Gasteiger partial charge in [-0.05, 0) is 30.2 Å². The average molecular weight is 350 g/mol. The number of hydrogen-bond donors (Lipinski definition) is 3. The normalized spacial score (nSPS) is 14.8. The van der Waals surface area contributed by atoms with E-state index in [4.69, 9.17) is 10.5 Å². The van der Waals surface area contributed by atoms with E-state index in [1.54, 1.807) is 19.1 Å². The Hall–Kier alpha value is -1.19. The number of halogens is 1. The SMILES string of the molecule is C[C@@H](CN)NC(=O)CNS(=O)(=O)c1ccc2c(c1)COC2.Cl. The van der Waals surface area contributed by atoms with Crippen LogP contribution >= 0.6 is 12.4 Å². The van der Waals surface area contributed by atoms with E-state index in [2.05, 4.69) is 10.0 Å². The lowest BCUT2D eigenvalue weighted by atomic mass is 10.1. The third-order valence-corrected chi connectivity index (χ3v) is 4.59. The van der Waals surface area contributed by atoms with Crippen molar-refractivity contribution in [1.29, 1.82) is 0 Å². The molecule has 1 aliphatic rings. The zero-order valence-electron chi connectivity index (χ0n) is 12.2. The summed E-state index contributed by atoms with van der Waals surface area (Å²) in [4.78, 5) is 11.7. The number of nitrogens with one attached hydrogen (secondary N) is 2. The minimum atomic E-state index is -3.72. The van der Waals surface area contributed by atoms with E-state index in [-0.39, 0.29) is 29.9 Å². The summed E-state index contributed by atoms with van der Waals surface area (Å²) in [7, 11) is -3.72. The second-order valence-electron chi connectivity index (χ2n) is 4.95. The lowest BCUT2D eigenvalue weighted by molar-refractivity contribution is -0.120. The fourth-order valence-corrected chi connectivity index (χ4v) is 2.98. The molecule has 1 atom stereocenters. The summed E-state index contributed by atoms with van der Waals surface area (Å²) in [6.07, 6.45) is 0. The molecule has 2 rings (SSSR count). The fraction of sp³-hybridized carbons (Fsp3) is 0.462. The monoisotopic (exact) mass is 349 g/mol. The summed E-state index contributed by atoms with van der Waals surface area (Å²) in [5, 5.41) is 2.58. The van der Waals surface area contributed by atoms with Gasteiger partial charge >= 0.3 is 0 Å². The molecular formula is C13H20ClN3O4S. The van der Waals surface area contributed by atoms with Crippen LogP contribution < -0.4 is 15.8 Å². The third kappa shape index (κ3) is 4.65. The van der Waals surface area contributed by atoms with Crippen molar-refractivity contribution in [3.8, 4) is 0 Å². The lowest BCUT2D eigenvalue weighted by Gasteiger charge is -2.12. The molecule has 7 nitrogen and oxygen atoms in total. The molecule has 1 aromatic rings. The van der Waals surface area contributed by atoms with Gasteiger partial charge in [0.15, 0.2) is 0 Å². The predicted octanol–water partition coefficient (Wildman–Crippen LogP) is -0.120. The quantitative estimate of drug-likeness (QED) is 0.663. The molecule has 0 saturated heterocycles. The lowest BCUT2D eigenvalue weighted by Crippen LogP contribution is -2.43. The summed E-state index contributed by atoms with van der Waals surface area (Å²) in [5.74, 6) is -0.416. The van der Waals surface area contributed by atoms with E-state index >= 15 is 0 Å². The van der Waals surface area contributed by atoms with Crippen LogP contribution in [0.2, 0.25) is 0 Å². The van der Waals surface area contributed by atoms with Crippen LogP contribution in [0.5, 0.6) is 0 Å². The van der Waals surface area contributed by atoms with Crippen molar-refractivity contribution in [2.24, 2.45) is 5.73 Å². The summed E-state index contributed by atoms with van der Waals surface area (Å²) < 4.78 is 31.8. The third-order valence-electron chi connectivity index (χ3n) is 3.19. The second-order valence-corrected chi connectivity index (χ2v) is 6.72. The van der Waals surface area contributed by atoms with Crippen molar-refractivity contribution in [2.45, 2.75) is 31.1 Å².